The molecule has 0 bridgehead atoms. The van der Waals surface area contributed by atoms with Crippen molar-refractivity contribution in [1.29, 1.82) is 0 Å². The Hall–Kier alpha value is -2.50. The third-order valence-electron chi connectivity index (χ3n) is 8.49. The summed E-state index contributed by atoms with van der Waals surface area (Å²) < 4.78 is 7.00. The van der Waals surface area contributed by atoms with Crippen LogP contribution in [0.5, 0.6) is 0 Å². The van der Waals surface area contributed by atoms with Crippen molar-refractivity contribution in [2.45, 2.75) is 63.9 Å². The molecule has 0 saturated carbocycles. The molecule has 3 aromatic rings. The van der Waals surface area contributed by atoms with Gasteiger partial charge in [-0.05, 0) is 59.3 Å². The van der Waals surface area contributed by atoms with E-state index in [0.717, 1.165) is 25.1 Å². The molecule has 0 amide bonds. The van der Waals surface area contributed by atoms with Crippen molar-refractivity contribution in [1.82, 2.24) is 4.90 Å². The first-order chi connectivity index (χ1) is 17.6. The molecule has 37 heavy (non-hydrogen) atoms. The van der Waals surface area contributed by atoms with Crippen molar-refractivity contribution in [3.63, 3.8) is 0 Å². The van der Waals surface area contributed by atoms with Crippen LogP contribution in [0.1, 0.15) is 50.8 Å². The van der Waals surface area contributed by atoms with Crippen LogP contribution in [0, 0.1) is 0 Å². The lowest BCUT2D eigenvalue weighted by Gasteiger charge is -2.50. The maximum Gasteiger partial charge on any atom is 0.192 e. The lowest BCUT2D eigenvalue weighted by atomic mass is 9.74. The van der Waals surface area contributed by atoms with E-state index < -0.39 is 13.9 Å². The molecule has 3 aromatic carbocycles. The summed E-state index contributed by atoms with van der Waals surface area (Å²) in [5, 5.41) is 10.4. The van der Waals surface area contributed by atoms with E-state index in [2.05, 4.69) is 137 Å². The third-order valence-corrected chi connectivity index (χ3v) is 13.0. The van der Waals surface area contributed by atoms with E-state index in [0.29, 0.717) is 0 Å². The molecule has 0 aromatic heterocycles. The fraction of sp³-hybridized carbons (Fsp3) is 0.394. The molecule has 1 saturated heterocycles. The first-order valence-electron chi connectivity index (χ1n) is 13.5. The fourth-order valence-corrected chi connectivity index (χ4v) is 6.70. The predicted octanol–water partition coefficient (Wildman–Crippen LogP) is 7.38. The Morgan fingerprint density at radius 3 is 1.65 bits per heavy atom. The van der Waals surface area contributed by atoms with E-state index in [1.807, 2.05) is 0 Å². The molecule has 3 nitrogen and oxygen atoms in total. The summed E-state index contributed by atoms with van der Waals surface area (Å²) in [6.45, 7) is 15.3. The van der Waals surface area contributed by atoms with Gasteiger partial charge in [-0.2, -0.15) is 0 Å². The number of aliphatic hydroxyl groups is 1. The Morgan fingerprint density at radius 2 is 1.27 bits per heavy atom. The van der Waals surface area contributed by atoms with Crippen LogP contribution in [0.4, 0.5) is 0 Å². The summed E-state index contributed by atoms with van der Waals surface area (Å²) in [6, 6.07) is 32.6. The van der Waals surface area contributed by atoms with Gasteiger partial charge in [0, 0.05) is 13.1 Å². The molecule has 4 heteroatoms. The lowest BCUT2D eigenvalue weighted by Crippen LogP contribution is -2.55. The van der Waals surface area contributed by atoms with E-state index in [4.69, 9.17) is 4.43 Å². The van der Waals surface area contributed by atoms with Crippen molar-refractivity contribution < 1.29 is 9.53 Å². The van der Waals surface area contributed by atoms with Crippen LogP contribution in [-0.2, 0) is 9.96 Å². The van der Waals surface area contributed by atoms with Gasteiger partial charge in [0.1, 0.15) is 0 Å². The van der Waals surface area contributed by atoms with Crippen LogP contribution in [-0.4, -0.2) is 44.1 Å². The van der Waals surface area contributed by atoms with Gasteiger partial charge in [0.05, 0.1) is 18.2 Å². The van der Waals surface area contributed by atoms with Gasteiger partial charge in [0.25, 0.3) is 0 Å². The highest BCUT2D eigenvalue weighted by Crippen LogP contribution is 2.46. The van der Waals surface area contributed by atoms with Gasteiger partial charge >= 0.3 is 0 Å². The molecule has 1 aliphatic heterocycles. The fourth-order valence-electron chi connectivity index (χ4n) is 5.38. The first kappa shape index (κ1) is 27.5. The van der Waals surface area contributed by atoms with Crippen LogP contribution in [0.15, 0.2) is 102 Å². The summed E-state index contributed by atoms with van der Waals surface area (Å²) >= 11 is 0. The highest BCUT2D eigenvalue weighted by atomic mass is 28.4. The molecule has 1 fully saturated rings. The summed E-state index contributed by atoms with van der Waals surface area (Å²) in [5.41, 5.74) is 5.53. The quantitative estimate of drug-likeness (QED) is 0.203. The van der Waals surface area contributed by atoms with Crippen LogP contribution < -0.4 is 0 Å². The molecule has 196 valence electrons. The van der Waals surface area contributed by atoms with Crippen molar-refractivity contribution in [3.05, 3.63) is 119 Å². The van der Waals surface area contributed by atoms with E-state index in [9.17, 15) is 5.11 Å². The predicted molar refractivity (Wildman–Crippen MR) is 157 cm³/mol. The molecule has 1 aliphatic rings. The summed E-state index contributed by atoms with van der Waals surface area (Å²) in [4.78, 5) is 2.60. The van der Waals surface area contributed by atoms with Crippen molar-refractivity contribution in [3.8, 4) is 0 Å². The molecule has 4 rings (SSSR count). The number of rotatable bonds is 7. The van der Waals surface area contributed by atoms with E-state index in [1.54, 1.807) is 0 Å². The number of nitrogens with zero attached hydrogens (tertiary/aromatic N) is 1. The first-order valence-corrected chi connectivity index (χ1v) is 16.4. The van der Waals surface area contributed by atoms with Crippen molar-refractivity contribution in [2.24, 2.45) is 0 Å². The number of benzene rings is 3. The summed E-state index contributed by atoms with van der Waals surface area (Å²) in [6.07, 6.45) is 0.928. The zero-order valence-corrected chi connectivity index (χ0v) is 24.4. The molecule has 1 heterocycles. The summed E-state index contributed by atoms with van der Waals surface area (Å²) in [7, 11) is -1.99. The van der Waals surface area contributed by atoms with Crippen molar-refractivity contribution >= 4 is 8.32 Å². The Labute approximate surface area is 224 Å². The largest absolute Gasteiger partial charge is 0.410 e. The monoisotopic (exact) mass is 513 g/mol. The Kier molecular flexibility index (Phi) is 8.25. The van der Waals surface area contributed by atoms with Crippen molar-refractivity contribution in [2.75, 3.05) is 19.7 Å². The van der Waals surface area contributed by atoms with Crippen LogP contribution in [0.2, 0.25) is 18.1 Å². The van der Waals surface area contributed by atoms with E-state index in [1.165, 1.54) is 22.3 Å². The number of hydrogen-bond acceptors (Lipinski definition) is 3. The van der Waals surface area contributed by atoms with Gasteiger partial charge in [-0.3, -0.25) is 4.90 Å². The number of hydrogen-bond donors (Lipinski definition) is 1. The maximum absolute atomic E-state index is 10.3. The standard InChI is InChI=1S/C33H43NO2Si/c1-26(25-35)30-24-34(23-22-31(30)36-37(5,6)32(2,3)4)33(27-16-10-7-11-17-27,28-18-12-8-13-19-28)29-20-14-9-15-21-29/h7-21,31,35H,22-25H2,1-6H3/b30-26+. The van der Waals surface area contributed by atoms with E-state index in [-0.39, 0.29) is 17.7 Å². The average molecular weight is 514 g/mol. The minimum Gasteiger partial charge on any atom is -0.410 e. The SMILES string of the molecule is C/C(CO)=C1/CN(C(c2ccccc2)(c2ccccc2)c2ccccc2)CCC1O[Si](C)(C)C(C)(C)C. The van der Waals surface area contributed by atoms with Gasteiger partial charge in [0.15, 0.2) is 8.32 Å². The van der Waals surface area contributed by atoms with Gasteiger partial charge in [0.2, 0.25) is 0 Å². The zero-order valence-electron chi connectivity index (χ0n) is 23.4. The second kappa shape index (κ2) is 11.1. The topological polar surface area (TPSA) is 32.7 Å². The third kappa shape index (κ3) is 5.39. The highest BCUT2D eigenvalue weighted by molar-refractivity contribution is 6.74. The molecule has 0 radical (unpaired) electrons. The maximum atomic E-state index is 10.3. The minimum absolute atomic E-state index is 0.0318. The average Bonchev–Trinajstić information content (AvgIpc) is 2.90. The summed E-state index contributed by atoms with van der Waals surface area (Å²) in [5.74, 6) is 0. The number of likely N-dealkylation sites (tertiary alicyclic amines) is 1. The Morgan fingerprint density at radius 1 is 0.838 bits per heavy atom. The van der Waals surface area contributed by atoms with Gasteiger partial charge in [-0.15, -0.1) is 0 Å². The number of aliphatic hydroxyl groups excluding tert-OH is 1. The second-order valence-electron chi connectivity index (χ2n) is 11.8. The normalized spacial score (nSPS) is 19.1. The zero-order chi connectivity index (χ0) is 26.7. The molecule has 0 aliphatic carbocycles. The minimum atomic E-state index is -1.99. The Bertz CT molecular complexity index is 1090. The molecular weight excluding hydrogens is 470 g/mol. The van der Waals surface area contributed by atoms with Gasteiger partial charge < -0.3 is 9.53 Å². The molecule has 1 N–H and O–H groups in total. The molecule has 0 spiro atoms. The lowest BCUT2D eigenvalue weighted by molar-refractivity contribution is 0.0884. The van der Waals surface area contributed by atoms with Crippen LogP contribution in [0.25, 0.3) is 0 Å². The van der Waals surface area contributed by atoms with E-state index >= 15 is 0 Å². The second-order valence-corrected chi connectivity index (χ2v) is 16.6. The Balaban J connectivity index is 1.87. The van der Waals surface area contributed by atoms with Crippen LogP contribution >= 0.6 is 0 Å². The van der Waals surface area contributed by atoms with Gasteiger partial charge in [-0.25, -0.2) is 0 Å². The molecule has 1 atom stereocenters. The molecular formula is C33H43NO2Si. The smallest absolute Gasteiger partial charge is 0.192 e. The van der Waals surface area contributed by atoms with Gasteiger partial charge in [-0.1, -0.05) is 112 Å². The highest BCUT2D eigenvalue weighted by Gasteiger charge is 2.46. The van der Waals surface area contributed by atoms with Crippen LogP contribution in [0.3, 0.4) is 0 Å². The molecule has 1 unspecified atom stereocenters. The number of piperidine rings is 1.